The summed E-state index contributed by atoms with van der Waals surface area (Å²) in [5, 5.41) is 10.0. The Labute approximate surface area is 170 Å². The first-order valence-corrected chi connectivity index (χ1v) is 11.3. The molecule has 0 atom stereocenters. The number of nitrogens with zero attached hydrogens (tertiary/aromatic N) is 4. The number of aromatic nitrogens is 1. The zero-order valence-corrected chi connectivity index (χ0v) is 17.5. The highest BCUT2D eigenvalue weighted by Crippen LogP contribution is 2.24. The molecule has 0 saturated carbocycles. The third-order valence-electron chi connectivity index (χ3n) is 5.22. The highest BCUT2D eigenvalue weighted by molar-refractivity contribution is 7.13. The number of likely N-dealkylation sites (tertiary alicyclic amines) is 1. The number of hydrogen-bond donors (Lipinski definition) is 2. The van der Waals surface area contributed by atoms with Crippen LogP contribution in [0.3, 0.4) is 0 Å². The molecular formula is C19H32F2N6S. The van der Waals surface area contributed by atoms with Crippen molar-refractivity contribution in [3.05, 3.63) is 11.1 Å². The second-order valence-corrected chi connectivity index (χ2v) is 8.27. The molecule has 2 saturated heterocycles. The maximum atomic E-state index is 12.5. The van der Waals surface area contributed by atoms with E-state index in [0.29, 0.717) is 19.6 Å². The van der Waals surface area contributed by atoms with Crippen molar-refractivity contribution in [3.8, 4) is 0 Å². The molecule has 1 aromatic heterocycles. The van der Waals surface area contributed by atoms with Crippen LogP contribution in [0, 0.1) is 0 Å². The maximum Gasteiger partial charge on any atom is 0.251 e. The van der Waals surface area contributed by atoms with Gasteiger partial charge in [-0.05, 0) is 32.6 Å². The Morgan fingerprint density at radius 2 is 2.04 bits per heavy atom. The van der Waals surface area contributed by atoms with Gasteiger partial charge >= 0.3 is 0 Å². The lowest BCUT2D eigenvalue weighted by Gasteiger charge is -2.32. The molecule has 0 spiro atoms. The van der Waals surface area contributed by atoms with Crippen LogP contribution >= 0.6 is 11.3 Å². The second-order valence-electron chi connectivity index (χ2n) is 7.44. The molecule has 3 heterocycles. The largest absolute Gasteiger partial charge is 0.357 e. The highest BCUT2D eigenvalue weighted by Gasteiger charge is 2.22. The van der Waals surface area contributed by atoms with Gasteiger partial charge < -0.3 is 15.5 Å². The van der Waals surface area contributed by atoms with Crippen LogP contribution in [-0.2, 0) is 6.42 Å². The van der Waals surface area contributed by atoms with Gasteiger partial charge in [0.25, 0.3) is 6.43 Å². The predicted octanol–water partition coefficient (Wildman–Crippen LogP) is 2.57. The van der Waals surface area contributed by atoms with Gasteiger partial charge in [0.15, 0.2) is 11.1 Å². The number of piperidine rings is 1. The van der Waals surface area contributed by atoms with Gasteiger partial charge in [-0.3, -0.25) is 9.89 Å². The van der Waals surface area contributed by atoms with Crippen molar-refractivity contribution < 1.29 is 8.78 Å². The van der Waals surface area contributed by atoms with Crippen molar-refractivity contribution >= 4 is 22.4 Å². The summed E-state index contributed by atoms with van der Waals surface area (Å²) in [5.74, 6) is 0.810. The van der Waals surface area contributed by atoms with E-state index in [1.54, 1.807) is 11.3 Å². The van der Waals surface area contributed by atoms with Crippen LogP contribution in [-0.4, -0.2) is 74.1 Å². The van der Waals surface area contributed by atoms with Gasteiger partial charge in [0.1, 0.15) is 0 Å². The summed E-state index contributed by atoms with van der Waals surface area (Å²) >= 11 is 1.73. The van der Waals surface area contributed by atoms with Crippen molar-refractivity contribution in [2.24, 2.45) is 4.99 Å². The Kier molecular flexibility index (Phi) is 8.27. The number of nitrogens with one attached hydrogen (secondary N) is 2. The van der Waals surface area contributed by atoms with Crippen molar-refractivity contribution in [1.82, 2.24) is 20.5 Å². The number of thiazole rings is 1. The van der Waals surface area contributed by atoms with Crippen LogP contribution in [0.4, 0.5) is 13.9 Å². The Hall–Kier alpha value is -1.48. The zero-order valence-electron chi connectivity index (χ0n) is 16.7. The smallest absolute Gasteiger partial charge is 0.251 e. The molecular weight excluding hydrogens is 382 g/mol. The molecule has 0 aliphatic carbocycles. The number of alkyl halides is 2. The summed E-state index contributed by atoms with van der Waals surface area (Å²) in [6, 6.07) is 0.285. The predicted molar refractivity (Wildman–Crippen MR) is 112 cm³/mol. The molecule has 0 amide bonds. The lowest BCUT2D eigenvalue weighted by Crippen LogP contribution is -2.49. The second kappa shape index (κ2) is 10.9. The average Bonchev–Trinajstić information content (AvgIpc) is 3.34. The van der Waals surface area contributed by atoms with Gasteiger partial charge in [-0.2, -0.15) is 0 Å². The van der Waals surface area contributed by atoms with Gasteiger partial charge in [0, 0.05) is 57.1 Å². The van der Waals surface area contributed by atoms with Gasteiger partial charge in [0.05, 0.1) is 12.2 Å². The van der Waals surface area contributed by atoms with Crippen LogP contribution in [0.25, 0.3) is 0 Å². The third kappa shape index (κ3) is 6.55. The Bertz CT molecular complexity index is 609. The Balaban J connectivity index is 1.44. The molecule has 0 radical (unpaired) electrons. The molecule has 0 unspecified atom stereocenters. The van der Waals surface area contributed by atoms with Gasteiger partial charge in [-0.25, -0.2) is 13.8 Å². The van der Waals surface area contributed by atoms with E-state index in [1.165, 1.54) is 12.8 Å². The van der Waals surface area contributed by atoms with Crippen LogP contribution in [0.1, 0.15) is 38.3 Å². The van der Waals surface area contributed by atoms with Crippen LogP contribution in [0.5, 0.6) is 0 Å². The SMILES string of the molecule is CCNC(=NCCc1csc(N2CCCC2)n1)NC1CCN(CC(F)F)CC1. The van der Waals surface area contributed by atoms with E-state index in [1.807, 2.05) is 11.8 Å². The number of guanidine groups is 1. The lowest BCUT2D eigenvalue weighted by atomic mass is 10.1. The molecule has 0 aromatic carbocycles. The van der Waals surface area contributed by atoms with E-state index >= 15 is 0 Å². The summed E-state index contributed by atoms with van der Waals surface area (Å²) in [6.45, 7) is 7.07. The van der Waals surface area contributed by atoms with Crippen LogP contribution < -0.4 is 15.5 Å². The first-order valence-electron chi connectivity index (χ1n) is 10.4. The van der Waals surface area contributed by atoms with E-state index in [2.05, 4.69) is 25.9 Å². The zero-order chi connectivity index (χ0) is 19.8. The number of hydrogen-bond acceptors (Lipinski definition) is 5. The molecule has 6 nitrogen and oxygen atoms in total. The molecule has 2 aliphatic heterocycles. The lowest BCUT2D eigenvalue weighted by molar-refractivity contribution is 0.0744. The summed E-state index contributed by atoms with van der Waals surface area (Å²) in [7, 11) is 0. The van der Waals surface area contributed by atoms with Crippen molar-refractivity contribution in [2.75, 3.05) is 50.7 Å². The van der Waals surface area contributed by atoms with Gasteiger partial charge in [0.2, 0.25) is 0 Å². The topological polar surface area (TPSA) is 55.8 Å². The minimum Gasteiger partial charge on any atom is -0.357 e. The summed E-state index contributed by atoms with van der Waals surface area (Å²) in [6.07, 6.45) is 2.83. The van der Waals surface area contributed by atoms with Crippen molar-refractivity contribution in [2.45, 2.75) is 51.5 Å². The van der Waals surface area contributed by atoms with E-state index in [-0.39, 0.29) is 12.6 Å². The van der Waals surface area contributed by atoms with E-state index in [4.69, 9.17) is 4.98 Å². The molecule has 1 aromatic rings. The minimum absolute atomic E-state index is 0.117. The fraction of sp³-hybridized carbons (Fsp3) is 0.789. The third-order valence-corrected chi connectivity index (χ3v) is 6.17. The molecule has 0 bridgehead atoms. The molecule has 2 N–H and O–H groups in total. The van der Waals surface area contributed by atoms with Gasteiger partial charge in [-0.15, -0.1) is 11.3 Å². The first kappa shape index (κ1) is 21.2. The maximum absolute atomic E-state index is 12.5. The standard InChI is InChI=1S/C19H32F2N6S/c1-2-22-18(24-15-6-11-26(12-7-15)13-17(20)21)23-8-5-16-14-28-19(25-16)27-9-3-4-10-27/h14-15,17H,2-13H2,1H3,(H2,22,23,24). The first-order chi connectivity index (χ1) is 13.6. The summed E-state index contributed by atoms with van der Waals surface area (Å²) in [4.78, 5) is 13.6. The Morgan fingerprint density at radius 3 is 2.71 bits per heavy atom. The van der Waals surface area contributed by atoms with Crippen LogP contribution in [0.2, 0.25) is 0 Å². The molecule has 2 aliphatic rings. The highest BCUT2D eigenvalue weighted by atomic mass is 32.1. The van der Waals surface area contributed by atoms with Crippen molar-refractivity contribution in [3.63, 3.8) is 0 Å². The fourth-order valence-corrected chi connectivity index (χ4v) is 4.63. The monoisotopic (exact) mass is 414 g/mol. The number of aliphatic imine (C=N–C) groups is 1. The van der Waals surface area contributed by atoms with Crippen LogP contribution in [0.15, 0.2) is 10.4 Å². The van der Waals surface area contributed by atoms with E-state index in [9.17, 15) is 8.78 Å². The van der Waals surface area contributed by atoms with Crippen molar-refractivity contribution in [1.29, 1.82) is 0 Å². The molecule has 158 valence electrons. The van der Waals surface area contributed by atoms with E-state index < -0.39 is 6.43 Å². The summed E-state index contributed by atoms with van der Waals surface area (Å²) < 4.78 is 25.0. The fourth-order valence-electron chi connectivity index (χ4n) is 3.72. The molecule has 28 heavy (non-hydrogen) atoms. The molecule has 3 rings (SSSR count). The number of rotatable bonds is 8. The minimum atomic E-state index is -2.25. The van der Waals surface area contributed by atoms with E-state index in [0.717, 1.165) is 55.7 Å². The average molecular weight is 415 g/mol. The summed E-state index contributed by atoms with van der Waals surface area (Å²) in [5.41, 5.74) is 1.10. The Morgan fingerprint density at radius 1 is 1.29 bits per heavy atom. The number of anilines is 1. The molecule has 2 fully saturated rings. The quantitative estimate of drug-likeness (QED) is 0.506. The number of halogens is 2. The normalized spacial score (nSPS) is 19.6. The molecule has 9 heteroatoms. The van der Waals surface area contributed by atoms with Gasteiger partial charge in [-0.1, -0.05) is 0 Å².